The van der Waals surface area contributed by atoms with Crippen LogP contribution in [0.1, 0.15) is 48.3 Å². The third-order valence-corrected chi connectivity index (χ3v) is 5.11. The lowest BCUT2D eigenvalue weighted by Gasteiger charge is -2.31. The Labute approximate surface area is 160 Å². The summed E-state index contributed by atoms with van der Waals surface area (Å²) in [6.45, 7) is 7.31. The van der Waals surface area contributed by atoms with Crippen molar-refractivity contribution in [3.8, 4) is 5.69 Å². The molecule has 1 unspecified atom stereocenters. The first kappa shape index (κ1) is 19.1. The molecule has 1 aromatic carbocycles. The van der Waals surface area contributed by atoms with Gasteiger partial charge in [0.1, 0.15) is 0 Å². The molecule has 0 spiro atoms. The van der Waals surface area contributed by atoms with Crippen molar-refractivity contribution in [2.45, 2.75) is 40.0 Å². The van der Waals surface area contributed by atoms with Gasteiger partial charge in [0.05, 0.1) is 35.7 Å². The number of aryl methyl sites for hydroxylation is 1. The second-order valence-electron chi connectivity index (χ2n) is 6.90. The van der Waals surface area contributed by atoms with Crippen molar-refractivity contribution in [3.63, 3.8) is 0 Å². The van der Waals surface area contributed by atoms with Crippen LogP contribution in [0.25, 0.3) is 5.69 Å². The molecule has 6 heteroatoms. The molecule has 1 amide bonds. The predicted octanol–water partition coefficient (Wildman–Crippen LogP) is 3.16. The number of hydrogen-bond donors (Lipinski definition) is 0. The van der Waals surface area contributed by atoms with Gasteiger partial charge >= 0.3 is 5.97 Å². The molecule has 1 aromatic heterocycles. The topological polar surface area (TPSA) is 64.4 Å². The van der Waals surface area contributed by atoms with Crippen LogP contribution in [0.15, 0.2) is 30.5 Å². The Balaban J connectivity index is 1.85. The summed E-state index contributed by atoms with van der Waals surface area (Å²) in [6, 6.07) is 8.00. The summed E-state index contributed by atoms with van der Waals surface area (Å²) < 4.78 is 7.00. The van der Waals surface area contributed by atoms with E-state index >= 15 is 0 Å². The molecule has 0 radical (unpaired) electrons. The number of carbonyl (C=O) groups is 2. The van der Waals surface area contributed by atoms with E-state index in [1.165, 1.54) is 0 Å². The number of nitrogens with zero attached hydrogens (tertiary/aromatic N) is 3. The quantitative estimate of drug-likeness (QED) is 0.760. The fourth-order valence-corrected chi connectivity index (χ4v) is 3.69. The maximum Gasteiger partial charge on any atom is 0.310 e. The van der Waals surface area contributed by atoms with E-state index < -0.39 is 0 Å². The number of likely N-dealkylation sites (tertiary alicyclic amines) is 1. The fraction of sp³-hybridized carbons (Fsp3) is 0.476. The van der Waals surface area contributed by atoms with Gasteiger partial charge in [0.2, 0.25) is 0 Å². The number of ether oxygens (including phenoxy) is 1. The molecule has 0 N–H and O–H groups in total. The van der Waals surface area contributed by atoms with Gasteiger partial charge in [-0.1, -0.05) is 25.1 Å². The molecule has 144 valence electrons. The monoisotopic (exact) mass is 369 g/mol. The Kier molecular flexibility index (Phi) is 5.94. The summed E-state index contributed by atoms with van der Waals surface area (Å²) in [5.41, 5.74) is 3.60. The maximum atomic E-state index is 13.2. The van der Waals surface area contributed by atoms with Gasteiger partial charge in [-0.2, -0.15) is 5.10 Å². The average molecular weight is 369 g/mol. The Morgan fingerprint density at radius 2 is 2.04 bits per heavy atom. The van der Waals surface area contributed by atoms with Crippen molar-refractivity contribution in [3.05, 3.63) is 47.3 Å². The second kappa shape index (κ2) is 8.37. The third-order valence-electron chi connectivity index (χ3n) is 5.11. The summed E-state index contributed by atoms with van der Waals surface area (Å²) >= 11 is 0. The zero-order valence-corrected chi connectivity index (χ0v) is 16.3. The van der Waals surface area contributed by atoms with Crippen molar-refractivity contribution >= 4 is 11.9 Å². The Morgan fingerprint density at radius 3 is 2.74 bits per heavy atom. The van der Waals surface area contributed by atoms with E-state index in [4.69, 9.17) is 4.74 Å². The summed E-state index contributed by atoms with van der Waals surface area (Å²) in [4.78, 5) is 27.0. The van der Waals surface area contributed by atoms with Crippen LogP contribution >= 0.6 is 0 Å². The van der Waals surface area contributed by atoms with E-state index in [0.717, 1.165) is 29.8 Å². The van der Waals surface area contributed by atoms with Crippen molar-refractivity contribution in [1.82, 2.24) is 14.7 Å². The van der Waals surface area contributed by atoms with E-state index in [-0.39, 0.29) is 17.8 Å². The molecule has 1 atom stereocenters. The van der Waals surface area contributed by atoms with E-state index in [1.54, 1.807) is 18.0 Å². The van der Waals surface area contributed by atoms with Gasteiger partial charge < -0.3 is 9.64 Å². The molecule has 2 aromatic rings. The van der Waals surface area contributed by atoms with Crippen molar-refractivity contribution in [2.24, 2.45) is 5.92 Å². The molecule has 1 fully saturated rings. The predicted molar refractivity (Wildman–Crippen MR) is 103 cm³/mol. The van der Waals surface area contributed by atoms with E-state index in [0.29, 0.717) is 31.7 Å². The summed E-state index contributed by atoms with van der Waals surface area (Å²) in [6.07, 6.45) is 3.93. The molecular weight excluding hydrogens is 342 g/mol. The first-order valence-electron chi connectivity index (χ1n) is 9.65. The van der Waals surface area contributed by atoms with E-state index in [2.05, 4.69) is 5.10 Å². The smallest absolute Gasteiger partial charge is 0.310 e. The Morgan fingerprint density at radius 1 is 1.26 bits per heavy atom. The van der Waals surface area contributed by atoms with Crippen molar-refractivity contribution in [2.75, 3.05) is 19.7 Å². The van der Waals surface area contributed by atoms with Crippen LogP contribution in [-0.2, 0) is 16.0 Å². The number of esters is 1. The molecule has 0 saturated carbocycles. The lowest BCUT2D eigenvalue weighted by atomic mass is 9.97. The lowest BCUT2D eigenvalue weighted by Crippen LogP contribution is -2.43. The van der Waals surface area contributed by atoms with Gasteiger partial charge in [0, 0.05) is 13.1 Å². The summed E-state index contributed by atoms with van der Waals surface area (Å²) in [5.74, 6) is -0.499. The van der Waals surface area contributed by atoms with Gasteiger partial charge in [-0.05, 0) is 44.7 Å². The minimum atomic E-state index is -0.237. The zero-order valence-electron chi connectivity index (χ0n) is 16.3. The molecular formula is C21H27N3O3. The number of carbonyl (C=O) groups excluding carboxylic acids is 2. The first-order chi connectivity index (χ1) is 13.1. The minimum Gasteiger partial charge on any atom is -0.466 e. The number of hydrogen-bond acceptors (Lipinski definition) is 4. The number of amides is 1. The Bertz CT molecular complexity index is 828. The van der Waals surface area contributed by atoms with E-state index in [1.807, 2.05) is 42.8 Å². The van der Waals surface area contributed by atoms with Crippen LogP contribution in [0.3, 0.4) is 0 Å². The van der Waals surface area contributed by atoms with Gasteiger partial charge in [0.25, 0.3) is 5.91 Å². The van der Waals surface area contributed by atoms with Crippen molar-refractivity contribution in [1.29, 1.82) is 0 Å². The number of para-hydroxylation sites is 1. The van der Waals surface area contributed by atoms with E-state index in [9.17, 15) is 9.59 Å². The fourth-order valence-electron chi connectivity index (χ4n) is 3.69. The second-order valence-corrected chi connectivity index (χ2v) is 6.90. The number of piperidine rings is 1. The SMILES string of the molecule is CCOC(=O)C1CCCN(C(=O)c2cnn(-c3ccccc3C)c2CC)C1. The Hall–Kier alpha value is -2.63. The summed E-state index contributed by atoms with van der Waals surface area (Å²) in [7, 11) is 0. The number of rotatable bonds is 5. The molecule has 0 aliphatic carbocycles. The summed E-state index contributed by atoms with van der Waals surface area (Å²) in [5, 5.41) is 4.50. The number of aromatic nitrogens is 2. The zero-order chi connectivity index (χ0) is 19.4. The van der Waals surface area contributed by atoms with Gasteiger partial charge in [0.15, 0.2) is 0 Å². The normalized spacial score (nSPS) is 17.0. The van der Waals surface area contributed by atoms with Crippen LogP contribution in [0.2, 0.25) is 0 Å². The molecule has 0 bridgehead atoms. The molecule has 2 heterocycles. The lowest BCUT2D eigenvalue weighted by molar-refractivity contribution is -0.149. The highest BCUT2D eigenvalue weighted by molar-refractivity contribution is 5.95. The third kappa shape index (κ3) is 3.89. The standard InChI is InChI=1S/C21H27N3O3/c1-4-18-17(13-22-24(18)19-11-7-6-9-15(19)3)20(25)23-12-8-10-16(14-23)21(26)27-5-2/h6-7,9,11,13,16H,4-5,8,10,12,14H2,1-3H3. The minimum absolute atomic E-state index is 0.0549. The molecule has 1 aliphatic rings. The van der Waals surface area contributed by atoms with Crippen LogP contribution < -0.4 is 0 Å². The van der Waals surface area contributed by atoms with Gasteiger partial charge in [-0.25, -0.2) is 4.68 Å². The highest BCUT2D eigenvalue weighted by atomic mass is 16.5. The van der Waals surface area contributed by atoms with Crippen molar-refractivity contribution < 1.29 is 14.3 Å². The largest absolute Gasteiger partial charge is 0.466 e. The maximum absolute atomic E-state index is 13.2. The molecule has 27 heavy (non-hydrogen) atoms. The highest BCUT2D eigenvalue weighted by Gasteiger charge is 2.31. The first-order valence-corrected chi connectivity index (χ1v) is 9.65. The van der Waals surface area contributed by atoms with Crippen LogP contribution in [-0.4, -0.2) is 46.3 Å². The van der Waals surface area contributed by atoms with Crippen LogP contribution in [0.5, 0.6) is 0 Å². The number of benzene rings is 1. The molecule has 1 aliphatic heterocycles. The van der Waals surface area contributed by atoms with Gasteiger partial charge in [-0.3, -0.25) is 9.59 Å². The molecule has 3 rings (SSSR count). The van der Waals surface area contributed by atoms with Gasteiger partial charge in [-0.15, -0.1) is 0 Å². The van der Waals surface area contributed by atoms with Crippen LogP contribution in [0.4, 0.5) is 0 Å². The average Bonchev–Trinajstić information content (AvgIpc) is 3.11. The van der Waals surface area contributed by atoms with Crippen LogP contribution in [0, 0.1) is 12.8 Å². The highest BCUT2D eigenvalue weighted by Crippen LogP contribution is 2.23. The molecule has 1 saturated heterocycles. The molecule has 6 nitrogen and oxygen atoms in total.